The molecule has 2 heterocycles. The maximum Gasteiger partial charge on any atom is 0.157 e. The molecule has 0 amide bonds. The van der Waals surface area contributed by atoms with E-state index in [0.29, 0.717) is 12.4 Å². The number of hydrogen-bond donors (Lipinski definition) is 1. The van der Waals surface area contributed by atoms with Gasteiger partial charge in [-0.25, -0.2) is 9.97 Å². The summed E-state index contributed by atoms with van der Waals surface area (Å²) < 4.78 is 6.79. The third-order valence-corrected chi connectivity index (χ3v) is 2.28. The van der Waals surface area contributed by atoms with Crippen LogP contribution in [0.1, 0.15) is 5.82 Å². The lowest BCUT2D eigenvalue weighted by Gasteiger charge is -2.05. The Bertz CT molecular complexity index is 508. The lowest BCUT2D eigenvalue weighted by molar-refractivity contribution is 0.178. The minimum atomic E-state index is 0.384. The van der Waals surface area contributed by atoms with Crippen molar-refractivity contribution in [2.75, 3.05) is 19.5 Å². The molecule has 0 radical (unpaired) electrons. The summed E-state index contributed by atoms with van der Waals surface area (Å²) in [5, 5.41) is 7.32. The normalized spacial score (nSPS) is 10.5. The van der Waals surface area contributed by atoms with Crippen molar-refractivity contribution in [3.8, 4) is 11.4 Å². The Morgan fingerprint density at radius 3 is 2.76 bits per heavy atom. The molecular formula is C11H15N5O. The molecule has 0 aliphatic carbocycles. The third-order valence-electron chi connectivity index (χ3n) is 2.28. The van der Waals surface area contributed by atoms with Crippen molar-refractivity contribution in [3.63, 3.8) is 0 Å². The zero-order chi connectivity index (χ0) is 12.3. The first-order valence-corrected chi connectivity index (χ1v) is 5.27. The van der Waals surface area contributed by atoms with Crippen LogP contribution in [0.25, 0.3) is 11.4 Å². The molecule has 0 bridgehead atoms. The van der Waals surface area contributed by atoms with Crippen molar-refractivity contribution in [3.05, 3.63) is 24.2 Å². The Hall–Kier alpha value is -1.95. The molecule has 90 valence electrons. The molecule has 6 heteroatoms. The summed E-state index contributed by atoms with van der Waals surface area (Å²) >= 11 is 0. The van der Waals surface area contributed by atoms with Crippen molar-refractivity contribution >= 4 is 5.82 Å². The van der Waals surface area contributed by atoms with Gasteiger partial charge in [0.15, 0.2) is 5.82 Å². The minimum Gasteiger partial charge on any atom is -0.377 e. The number of rotatable bonds is 4. The molecule has 0 aliphatic heterocycles. The molecule has 2 aromatic heterocycles. The van der Waals surface area contributed by atoms with Crippen molar-refractivity contribution in [2.24, 2.45) is 7.05 Å². The van der Waals surface area contributed by atoms with Gasteiger partial charge in [0.25, 0.3) is 0 Å². The maximum absolute atomic E-state index is 5.05. The summed E-state index contributed by atoms with van der Waals surface area (Å²) in [6.45, 7) is 0.384. The van der Waals surface area contributed by atoms with Gasteiger partial charge >= 0.3 is 0 Å². The number of nitrogens with one attached hydrogen (secondary N) is 1. The van der Waals surface area contributed by atoms with E-state index in [9.17, 15) is 0 Å². The highest BCUT2D eigenvalue weighted by molar-refractivity contribution is 5.58. The summed E-state index contributed by atoms with van der Waals surface area (Å²) in [6, 6.07) is 3.78. The molecule has 6 nitrogen and oxygen atoms in total. The van der Waals surface area contributed by atoms with Crippen molar-refractivity contribution in [1.29, 1.82) is 0 Å². The maximum atomic E-state index is 5.05. The number of anilines is 1. The first-order valence-electron chi connectivity index (χ1n) is 5.27. The molecule has 0 aliphatic rings. The number of aromatic nitrogens is 4. The molecule has 2 aromatic rings. The Labute approximate surface area is 99.7 Å². The van der Waals surface area contributed by atoms with E-state index in [4.69, 9.17) is 4.74 Å². The standard InChI is InChI=1S/C11H15N5O/c1-12-10-6-9(8-4-5-16(2)15-8)13-11(14-10)7-17-3/h4-6H,7H2,1-3H3,(H,12,13,14). The molecule has 0 atom stereocenters. The topological polar surface area (TPSA) is 64.9 Å². The zero-order valence-corrected chi connectivity index (χ0v) is 10.1. The van der Waals surface area contributed by atoms with Crippen LogP contribution in [0.3, 0.4) is 0 Å². The highest BCUT2D eigenvalue weighted by Crippen LogP contribution is 2.17. The molecule has 2 rings (SSSR count). The SMILES string of the molecule is CNc1cc(-c2ccn(C)n2)nc(COC)n1. The average Bonchev–Trinajstić information content (AvgIpc) is 2.76. The van der Waals surface area contributed by atoms with Crippen LogP contribution in [0.15, 0.2) is 18.3 Å². The van der Waals surface area contributed by atoms with Crippen LogP contribution < -0.4 is 5.32 Å². The van der Waals surface area contributed by atoms with Crippen molar-refractivity contribution in [1.82, 2.24) is 19.7 Å². The molecular weight excluding hydrogens is 218 g/mol. The number of ether oxygens (including phenoxy) is 1. The summed E-state index contributed by atoms with van der Waals surface area (Å²) in [7, 11) is 5.32. The highest BCUT2D eigenvalue weighted by atomic mass is 16.5. The summed E-state index contributed by atoms with van der Waals surface area (Å²) in [5.74, 6) is 1.40. The van der Waals surface area contributed by atoms with Gasteiger partial charge in [-0.3, -0.25) is 4.68 Å². The summed E-state index contributed by atoms with van der Waals surface area (Å²) in [5.41, 5.74) is 1.61. The fourth-order valence-corrected chi connectivity index (χ4v) is 1.50. The molecule has 0 unspecified atom stereocenters. The quantitative estimate of drug-likeness (QED) is 0.855. The minimum absolute atomic E-state index is 0.384. The van der Waals surface area contributed by atoms with Crippen molar-refractivity contribution < 1.29 is 4.74 Å². The monoisotopic (exact) mass is 233 g/mol. The molecule has 0 spiro atoms. The molecule has 0 saturated heterocycles. The number of aryl methyl sites for hydroxylation is 1. The van der Waals surface area contributed by atoms with Gasteiger partial charge in [-0.15, -0.1) is 0 Å². The van der Waals surface area contributed by atoms with E-state index >= 15 is 0 Å². The fraction of sp³-hybridized carbons (Fsp3) is 0.364. The highest BCUT2D eigenvalue weighted by Gasteiger charge is 2.08. The van der Waals surface area contributed by atoms with E-state index in [1.54, 1.807) is 11.8 Å². The molecule has 1 N–H and O–H groups in total. The summed E-state index contributed by atoms with van der Waals surface area (Å²) in [6.07, 6.45) is 1.88. The first kappa shape index (κ1) is 11.5. The third kappa shape index (κ3) is 2.59. The number of hydrogen-bond acceptors (Lipinski definition) is 5. The second-order valence-electron chi connectivity index (χ2n) is 3.61. The van der Waals surface area contributed by atoms with Crippen molar-refractivity contribution in [2.45, 2.75) is 6.61 Å². The van der Waals surface area contributed by atoms with E-state index in [1.807, 2.05) is 32.4 Å². The fourth-order valence-electron chi connectivity index (χ4n) is 1.50. The Balaban J connectivity index is 2.42. The van der Waals surface area contributed by atoms with Crippen LogP contribution in [-0.4, -0.2) is 33.9 Å². The molecule has 0 aromatic carbocycles. The van der Waals surface area contributed by atoms with Gasteiger partial charge in [0.1, 0.15) is 18.1 Å². The van der Waals surface area contributed by atoms with Crippen LogP contribution in [0, 0.1) is 0 Å². The van der Waals surface area contributed by atoms with E-state index in [1.165, 1.54) is 0 Å². The summed E-state index contributed by atoms with van der Waals surface area (Å²) in [4.78, 5) is 8.69. The lowest BCUT2D eigenvalue weighted by Crippen LogP contribution is -2.03. The Morgan fingerprint density at radius 1 is 1.35 bits per heavy atom. The largest absolute Gasteiger partial charge is 0.377 e. The second-order valence-corrected chi connectivity index (χ2v) is 3.61. The van der Waals surface area contributed by atoms with E-state index in [0.717, 1.165) is 17.2 Å². The van der Waals surface area contributed by atoms with Gasteiger partial charge in [-0.1, -0.05) is 0 Å². The zero-order valence-electron chi connectivity index (χ0n) is 10.1. The average molecular weight is 233 g/mol. The predicted octanol–water partition coefficient (Wildman–Crippen LogP) is 1.07. The predicted molar refractivity (Wildman–Crippen MR) is 64.5 cm³/mol. The number of nitrogens with zero attached hydrogens (tertiary/aromatic N) is 4. The van der Waals surface area contributed by atoms with Crippen LogP contribution in [0.5, 0.6) is 0 Å². The molecule has 17 heavy (non-hydrogen) atoms. The van der Waals surface area contributed by atoms with E-state index in [2.05, 4.69) is 20.4 Å². The van der Waals surface area contributed by atoms with E-state index < -0.39 is 0 Å². The van der Waals surface area contributed by atoms with Gasteiger partial charge in [0.2, 0.25) is 0 Å². The van der Waals surface area contributed by atoms with Crippen LogP contribution >= 0.6 is 0 Å². The van der Waals surface area contributed by atoms with Crippen LogP contribution in [0.2, 0.25) is 0 Å². The second kappa shape index (κ2) is 4.92. The Kier molecular flexibility index (Phi) is 3.34. The van der Waals surface area contributed by atoms with Gasteiger partial charge in [0.05, 0.1) is 5.69 Å². The van der Waals surface area contributed by atoms with Gasteiger partial charge in [-0.05, 0) is 6.07 Å². The van der Waals surface area contributed by atoms with Crippen LogP contribution in [0.4, 0.5) is 5.82 Å². The van der Waals surface area contributed by atoms with Gasteiger partial charge < -0.3 is 10.1 Å². The van der Waals surface area contributed by atoms with E-state index in [-0.39, 0.29) is 0 Å². The van der Waals surface area contributed by atoms with Gasteiger partial charge in [-0.2, -0.15) is 5.10 Å². The lowest BCUT2D eigenvalue weighted by atomic mass is 10.3. The first-order chi connectivity index (χ1) is 8.22. The Morgan fingerprint density at radius 2 is 2.18 bits per heavy atom. The number of methoxy groups -OCH3 is 1. The van der Waals surface area contributed by atoms with Gasteiger partial charge in [0, 0.05) is 33.5 Å². The molecule has 0 saturated carbocycles. The van der Waals surface area contributed by atoms with Crippen LogP contribution in [-0.2, 0) is 18.4 Å². The smallest absolute Gasteiger partial charge is 0.157 e. The molecule has 0 fully saturated rings.